The maximum absolute atomic E-state index is 5.61. The molecule has 0 aliphatic heterocycles. The van der Waals surface area contributed by atoms with E-state index in [1.165, 1.54) is 0 Å². The number of furan rings is 1. The molecule has 3 rings (SSSR count). The molecular formula is C17H19N3O2. The first-order valence-electron chi connectivity index (χ1n) is 7.28. The van der Waals surface area contributed by atoms with Crippen molar-refractivity contribution < 1.29 is 8.94 Å². The van der Waals surface area contributed by atoms with Crippen molar-refractivity contribution in [2.24, 2.45) is 0 Å². The lowest BCUT2D eigenvalue weighted by Gasteiger charge is -2.20. The van der Waals surface area contributed by atoms with Crippen molar-refractivity contribution in [3.05, 3.63) is 59.9 Å². The Hall–Kier alpha value is -2.40. The van der Waals surface area contributed by atoms with Crippen molar-refractivity contribution in [2.75, 3.05) is 7.05 Å². The molecule has 0 amide bonds. The van der Waals surface area contributed by atoms with Gasteiger partial charge in [0.1, 0.15) is 11.5 Å². The largest absolute Gasteiger partial charge is 0.465 e. The number of rotatable bonds is 5. The monoisotopic (exact) mass is 297 g/mol. The van der Waals surface area contributed by atoms with E-state index in [2.05, 4.69) is 15.0 Å². The smallest absolute Gasteiger partial charge is 0.244 e. The lowest BCUT2D eigenvalue weighted by atomic mass is 10.2. The molecule has 0 radical (unpaired) electrons. The van der Waals surface area contributed by atoms with Crippen molar-refractivity contribution in [1.29, 1.82) is 0 Å². The molecule has 0 bridgehead atoms. The summed E-state index contributed by atoms with van der Waals surface area (Å²) in [5.74, 6) is 3.06. The van der Waals surface area contributed by atoms with Gasteiger partial charge >= 0.3 is 0 Å². The third-order valence-corrected chi connectivity index (χ3v) is 3.69. The van der Waals surface area contributed by atoms with Gasteiger partial charge in [0.05, 0.1) is 12.6 Å². The molecule has 0 aliphatic carbocycles. The van der Waals surface area contributed by atoms with Crippen LogP contribution in [0.3, 0.4) is 0 Å². The third kappa shape index (κ3) is 3.09. The Bertz CT molecular complexity index is 733. The van der Waals surface area contributed by atoms with E-state index in [0.717, 1.165) is 17.1 Å². The average molecular weight is 297 g/mol. The highest BCUT2D eigenvalue weighted by molar-refractivity contribution is 5.53. The Balaban J connectivity index is 1.72. The molecule has 0 saturated heterocycles. The Morgan fingerprint density at radius 3 is 2.59 bits per heavy atom. The summed E-state index contributed by atoms with van der Waals surface area (Å²) in [6.45, 7) is 4.67. The lowest BCUT2D eigenvalue weighted by Crippen LogP contribution is -2.21. The molecule has 3 aromatic rings. The van der Waals surface area contributed by atoms with Crippen molar-refractivity contribution >= 4 is 0 Å². The van der Waals surface area contributed by atoms with Gasteiger partial charge in [0, 0.05) is 5.56 Å². The Kier molecular flexibility index (Phi) is 4.06. The molecule has 5 nitrogen and oxygen atoms in total. The van der Waals surface area contributed by atoms with Gasteiger partial charge < -0.3 is 8.94 Å². The summed E-state index contributed by atoms with van der Waals surface area (Å²) in [5.41, 5.74) is 0.953. The maximum atomic E-state index is 5.61. The van der Waals surface area contributed by atoms with Crippen molar-refractivity contribution in [1.82, 2.24) is 15.0 Å². The fourth-order valence-corrected chi connectivity index (χ4v) is 2.25. The molecule has 0 N–H and O–H groups in total. The molecular weight excluding hydrogens is 278 g/mol. The maximum Gasteiger partial charge on any atom is 0.244 e. The van der Waals surface area contributed by atoms with E-state index in [4.69, 9.17) is 8.94 Å². The number of benzene rings is 1. The van der Waals surface area contributed by atoms with E-state index in [9.17, 15) is 0 Å². The van der Waals surface area contributed by atoms with Crippen LogP contribution in [0.2, 0.25) is 0 Å². The van der Waals surface area contributed by atoms with Gasteiger partial charge in [-0.1, -0.05) is 35.5 Å². The molecule has 0 saturated carbocycles. The Morgan fingerprint density at radius 2 is 1.91 bits per heavy atom. The highest BCUT2D eigenvalue weighted by atomic mass is 16.5. The van der Waals surface area contributed by atoms with E-state index in [1.807, 2.05) is 63.4 Å². The molecule has 1 unspecified atom stereocenters. The summed E-state index contributed by atoms with van der Waals surface area (Å²) in [7, 11) is 2.01. The van der Waals surface area contributed by atoms with Gasteiger partial charge in [-0.15, -0.1) is 0 Å². The van der Waals surface area contributed by atoms with Crippen molar-refractivity contribution in [3.63, 3.8) is 0 Å². The highest BCUT2D eigenvalue weighted by Crippen LogP contribution is 2.23. The number of aryl methyl sites for hydroxylation is 1. The quantitative estimate of drug-likeness (QED) is 0.716. The van der Waals surface area contributed by atoms with Crippen LogP contribution in [0, 0.1) is 6.92 Å². The Labute approximate surface area is 129 Å². The topological polar surface area (TPSA) is 55.3 Å². The normalized spacial score (nSPS) is 12.7. The van der Waals surface area contributed by atoms with Crippen LogP contribution >= 0.6 is 0 Å². The summed E-state index contributed by atoms with van der Waals surface area (Å²) in [5, 5.41) is 4.06. The van der Waals surface area contributed by atoms with Crippen LogP contribution in [0.5, 0.6) is 0 Å². The molecule has 2 heterocycles. The second-order valence-electron chi connectivity index (χ2n) is 5.43. The number of aromatic nitrogens is 2. The number of hydrogen-bond acceptors (Lipinski definition) is 5. The van der Waals surface area contributed by atoms with Gasteiger partial charge in [-0.25, -0.2) is 0 Å². The second kappa shape index (κ2) is 6.15. The average Bonchev–Trinajstić information content (AvgIpc) is 3.17. The van der Waals surface area contributed by atoms with E-state index in [0.29, 0.717) is 18.3 Å². The summed E-state index contributed by atoms with van der Waals surface area (Å²) in [4.78, 5) is 6.61. The first kappa shape index (κ1) is 14.5. The molecule has 22 heavy (non-hydrogen) atoms. The zero-order chi connectivity index (χ0) is 15.5. The molecule has 0 spiro atoms. The molecule has 1 atom stereocenters. The van der Waals surface area contributed by atoms with Gasteiger partial charge in [0.2, 0.25) is 11.7 Å². The molecule has 0 aliphatic rings. The summed E-state index contributed by atoms with van der Waals surface area (Å²) in [6, 6.07) is 13.8. The minimum absolute atomic E-state index is 0.00960. The molecule has 1 aromatic carbocycles. The van der Waals surface area contributed by atoms with Crippen LogP contribution in [-0.4, -0.2) is 22.1 Å². The number of hydrogen-bond donors (Lipinski definition) is 0. The minimum atomic E-state index is 0.00960. The fourth-order valence-electron chi connectivity index (χ4n) is 2.25. The van der Waals surface area contributed by atoms with Gasteiger partial charge in [0.25, 0.3) is 0 Å². The van der Waals surface area contributed by atoms with Crippen LogP contribution in [0.1, 0.15) is 30.4 Å². The lowest BCUT2D eigenvalue weighted by molar-refractivity contribution is 0.189. The summed E-state index contributed by atoms with van der Waals surface area (Å²) >= 11 is 0. The SMILES string of the molecule is Cc1ccc(CN(C)C(C)c2nc(-c3ccccc3)no2)o1. The van der Waals surface area contributed by atoms with Gasteiger partial charge in [-0.05, 0) is 33.0 Å². The van der Waals surface area contributed by atoms with Crippen LogP contribution in [0.15, 0.2) is 51.4 Å². The van der Waals surface area contributed by atoms with Crippen LogP contribution < -0.4 is 0 Å². The predicted octanol–water partition coefficient (Wildman–Crippen LogP) is 3.83. The minimum Gasteiger partial charge on any atom is -0.465 e. The molecule has 2 aromatic heterocycles. The van der Waals surface area contributed by atoms with E-state index in [-0.39, 0.29) is 6.04 Å². The van der Waals surface area contributed by atoms with Crippen molar-refractivity contribution in [3.8, 4) is 11.4 Å². The van der Waals surface area contributed by atoms with Gasteiger partial charge in [-0.3, -0.25) is 4.90 Å². The first-order chi connectivity index (χ1) is 10.6. The van der Waals surface area contributed by atoms with E-state index >= 15 is 0 Å². The fraction of sp³-hybridized carbons (Fsp3) is 0.294. The zero-order valence-electron chi connectivity index (χ0n) is 13.0. The van der Waals surface area contributed by atoms with E-state index < -0.39 is 0 Å². The molecule has 5 heteroatoms. The second-order valence-corrected chi connectivity index (χ2v) is 5.43. The third-order valence-electron chi connectivity index (χ3n) is 3.69. The molecule has 114 valence electrons. The summed E-state index contributed by atoms with van der Waals surface area (Å²) in [6.07, 6.45) is 0. The van der Waals surface area contributed by atoms with Crippen LogP contribution in [0.25, 0.3) is 11.4 Å². The predicted molar refractivity (Wildman–Crippen MR) is 83.1 cm³/mol. The number of nitrogens with zero attached hydrogens (tertiary/aromatic N) is 3. The van der Waals surface area contributed by atoms with Gasteiger partial charge in [0.15, 0.2) is 0 Å². The van der Waals surface area contributed by atoms with Gasteiger partial charge in [-0.2, -0.15) is 4.98 Å². The summed E-state index contributed by atoms with van der Waals surface area (Å²) < 4.78 is 11.0. The Morgan fingerprint density at radius 1 is 1.14 bits per heavy atom. The zero-order valence-corrected chi connectivity index (χ0v) is 13.0. The highest BCUT2D eigenvalue weighted by Gasteiger charge is 2.20. The first-order valence-corrected chi connectivity index (χ1v) is 7.28. The van der Waals surface area contributed by atoms with Crippen molar-refractivity contribution in [2.45, 2.75) is 26.4 Å². The van der Waals surface area contributed by atoms with Crippen LogP contribution in [-0.2, 0) is 6.54 Å². The standard InChI is InChI=1S/C17H19N3O2/c1-12-9-10-15(21-12)11-20(3)13(2)17-18-16(19-22-17)14-7-5-4-6-8-14/h4-10,13H,11H2,1-3H3. The van der Waals surface area contributed by atoms with Crippen LogP contribution in [0.4, 0.5) is 0 Å². The molecule has 0 fully saturated rings. The van der Waals surface area contributed by atoms with E-state index in [1.54, 1.807) is 0 Å².